The van der Waals surface area contributed by atoms with Crippen molar-refractivity contribution in [3.63, 3.8) is 0 Å². The summed E-state index contributed by atoms with van der Waals surface area (Å²) in [4.78, 5) is 26.0. The van der Waals surface area contributed by atoms with Gasteiger partial charge in [0.05, 0.1) is 32.9 Å². The predicted octanol–water partition coefficient (Wildman–Crippen LogP) is 2.16. The zero-order valence-electron chi connectivity index (χ0n) is 16.2. The molecular weight excluding hydrogens is 376 g/mol. The Morgan fingerprint density at radius 2 is 1.83 bits per heavy atom. The summed E-state index contributed by atoms with van der Waals surface area (Å²) in [6.45, 7) is 0.0348. The van der Waals surface area contributed by atoms with Gasteiger partial charge in [-0.1, -0.05) is 6.07 Å². The van der Waals surface area contributed by atoms with E-state index in [1.54, 1.807) is 37.4 Å². The van der Waals surface area contributed by atoms with Crippen molar-refractivity contribution in [1.29, 1.82) is 0 Å². The maximum absolute atomic E-state index is 12.5. The van der Waals surface area contributed by atoms with Gasteiger partial charge < -0.3 is 29.5 Å². The Bertz CT molecular complexity index is 923. The highest BCUT2D eigenvalue weighted by Gasteiger charge is 2.34. The van der Waals surface area contributed by atoms with Crippen molar-refractivity contribution >= 4 is 17.6 Å². The highest BCUT2D eigenvalue weighted by Crippen LogP contribution is 2.27. The van der Waals surface area contributed by atoms with Crippen molar-refractivity contribution in [2.24, 2.45) is 0 Å². The van der Waals surface area contributed by atoms with Crippen LogP contribution in [-0.2, 0) is 14.3 Å². The van der Waals surface area contributed by atoms with Gasteiger partial charge in [0.2, 0.25) is 0 Å². The summed E-state index contributed by atoms with van der Waals surface area (Å²) in [7, 11) is 2.85. The van der Waals surface area contributed by atoms with Gasteiger partial charge in [0, 0.05) is 18.3 Å². The number of methoxy groups -OCH3 is 2. The molecule has 1 aliphatic heterocycles. The van der Waals surface area contributed by atoms with Crippen LogP contribution in [0.5, 0.6) is 17.2 Å². The minimum atomic E-state index is -0.584. The molecular formula is C21H22N2O6. The van der Waals surface area contributed by atoms with Crippen molar-refractivity contribution < 1.29 is 28.9 Å². The fourth-order valence-electron chi connectivity index (χ4n) is 2.90. The second-order valence-electron chi connectivity index (χ2n) is 6.23. The van der Waals surface area contributed by atoms with E-state index in [-0.39, 0.29) is 36.9 Å². The Kier molecular flexibility index (Phi) is 6.36. The van der Waals surface area contributed by atoms with Crippen molar-refractivity contribution in [3.05, 3.63) is 59.8 Å². The van der Waals surface area contributed by atoms with Crippen LogP contribution in [0.4, 0.5) is 5.69 Å². The number of amides is 1. The summed E-state index contributed by atoms with van der Waals surface area (Å²) in [5, 5.41) is 12.1. The molecule has 2 aromatic rings. The highest BCUT2D eigenvalue weighted by molar-refractivity contribution is 6.08. The predicted molar refractivity (Wildman–Crippen MR) is 106 cm³/mol. The lowest BCUT2D eigenvalue weighted by Gasteiger charge is -2.15. The number of ether oxygens (including phenoxy) is 3. The minimum absolute atomic E-state index is 0.0887. The smallest absolute Gasteiger partial charge is 0.337 e. The van der Waals surface area contributed by atoms with Gasteiger partial charge in [-0.2, -0.15) is 0 Å². The summed E-state index contributed by atoms with van der Waals surface area (Å²) in [6.07, 6.45) is 0. The lowest BCUT2D eigenvalue weighted by molar-refractivity contribution is -0.136. The molecule has 0 unspecified atom stereocenters. The van der Waals surface area contributed by atoms with Crippen LogP contribution in [0, 0.1) is 0 Å². The zero-order valence-corrected chi connectivity index (χ0v) is 16.2. The van der Waals surface area contributed by atoms with E-state index in [1.165, 1.54) is 12.0 Å². The van der Waals surface area contributed by atoms with Gasteiger partial charge >= 0.3 is 5.97 Å². The van der Waals surface area contributed by atoms with Crippen molar-refractivity contribution in [3.8, 4) is 17.2 Å². The quantitative estimate of drug-likeness (QED) is 0.658. The average molecular weight is 398 g/mol. The van der Waals surface area contributed by atoms with E-state index in [4.69, 9.17) is 19.3 Å². The van der Waals surface area contributed by atoms with Crippen LogP contribution in [0.15, 0.2) is 59.8 Å². The van der Waals surface area contributed by atoms with Crippen LogP contribution in [0.25, 0.3) is 0 Å². The number of nitrogens with zero attached hydrogens (tertiary/aromatic N) is 1. The number of rotatable bonds is 8. The summed E-state index contributed by atoms with van der Waals surface area (Å²) in [5.74, 6) is 0.975. The number of hydrogen-bond donors (Lipinski definition) is 2. The molecule has 2 aromatic carbocycles. The SMILES string of the molecule is COC(=O)C1=C(Nc2ccc(Oc3cccc(OC)c3)cc2)C(=O)N(CCO)C1. The lowest BCUT2D eigenvalue weighted by Crippen LogP contribution is -2.31. The third kappa shape index (κ3) is 4.67. The Morgan fingerprint density at radius 1 is 1.10 bits per heavy atom. The molecule has 0 fully saturated rings. The first-order valence-electron chi connectivity index (χ1n) is 8.96. The van der Waals surface area contributed by atoms with E-state index in [0.29, 0.717) is 22.9 Å². The van der Waals surface area contributed by atoms with E-state index in [2.05, 4.69) is 5.32 Å². The average Bonchev–Trinajstić information content (AvgIpc) is 3.05. The summed E-state index contributed by atoms with van der Waals surface area (Å²) >= 11 is 0. The van der Waals surface area contributed by atoms with Gasteiger partial charge in [-0.05, 0) is 36.4 Å². The number of aliphatic hydroxyl groups excluding tert-OH is 1. The molecule has 0 saturated heterocycles. The molecule has 0 radical (unpaired) electrons. The molecule has 8 nitrogen and oxygen atoms in total. The summed E-state index contributed by atoms with van der Waals surface area (Å²) in [5.41, 5.74) is 0.980. The first-order chi connectivity index (χ1) is 14.0. The van der Waals surface area contributed by atoms with E-state index >= 15 is 0 Å². The molecule has 0 bridgehead atoms. The summed E-state index contributed by atoms with van der Waals surface area (Å²) < 4.78 is 15.7. The second kappa shape index (κ2) is 9.11. The number of carbonyl (C=O) groups excluding carboxylic acids is 2. The van der Waals surface area contributed by atoms with E-state index in [1.807, 2.05) is 18.2 Å². The molecule has 1 amide bonds. The van der Waals surface area contributed by atoms with Crippen molar-refractivity contribution in [1.82, 2.24) is 4.90 Å². The summed E-state index contributed by atoms with van der Waals surface area (Å²) in [6, 6.07) is 14.2. The number of esters is 1. The molecule has 0 aliphatic carbocycles. The molecule has 3 rings (SSSR count). The lowest BCUT2D eigenvalue weighted by atomic mass is 10.2. The van der Waals surface area contributed by atoms with Gasteiger partial charge in [0.25, 0.3) is 5.91 Å². The molecule has 152 valence electrons. The molecule has 0 spiro atoms. The molecule has 29 heavy (non-hydrogen) atoms. The molecule has 0 aromatic heterocycles. The number of β-amino-alcohol motifs (C(OH)–C–C–N with tert-alkyl or cyclic N) is 1. The maximum Gasteiger partial charge on any atom is 0.337 e. The molecule has 0 atom stereocenters. The first kappa shape index (κ1) is 20.2. The maximum atomic E-state index is 12.5. The van der Waals surface area contributed by atoms with Crippen LogP contribution in [-0.4, -0.2) is 55.8 Å². The number of benzene rings is 2. The molecule has 0 saturated carbocycles. The van der Waals surface area contributed by atoms with E-state index < -0.39 is 5.97 Å². The van der Waals surface area contributed by atoms with Gasteiger partial charge in [-0.25, -0.2) is 4.79 Å². The topological polar surface area (TPSA) is 97.3 Å². The minimum Gasteiger partial charge on any atom is -0.497 e. The molecule has 2 N–H and O–H groups in total. The monoisotopic (exact) mass is 398 g/mol. The van der Waals surface area contributed by atoms with Crippen LogP contribution in [0.3, 0.4) is 0 Å². The Balaban J connectivity index is 1.75. The fraction of sp³-hybridized carbons (Fsp3) is 0.238. The molecule has 1 heterocycles. The van der Waals surface area contributed by atoms with Crippen LogP contribution >= 0.6 is 0 Å². The van der Waals surface area contributed by atoms with Crippen molar-refractivity contribution in [2.75, 3.05) is 39.2 Å². The Hall–Kier alpha value is -3.52. The Labute approximate surface area is 168 Å². The number of nitrogens with one attached hydrogen (secondary N) is 1. The highest BCUT2D eigenvalue weighted by atomic mass is 16.5. The van der Waals surface area contributed by atoms with Gasteiger partial charge in [-0.3, -0.25) is 4.79 Å². The third-order valence-corrected chi connectivity index (χ3v) is 4.35. The van der Waals surface area contributed by atoms with Crippen LogP contribution in [0.2, 0.25) is 0 Å². The van der Waals surface area contributed by atoms with Crippen molar-refractivity contribution in [2.45, 2.75) is 0 Å². The van der Waals surface area contributed by atoms with E-state index in [0.717, 1.165) is 0 Å². The standard InChI is InChI=1S/C21H22N2O6/c1-27-16-4-3-5-17(12-16)29-15-8-6-14(7-9-15)22-19-18(21(26)28-2)13-23(10-11-24)20(19)25/h3-9,12,22,24H,10-11,13H2,1-2H3. The van der Waals surface area contributed by atoms with Crippen LogP contribution in [0.1, 0.15) is 0 Å². The van der Waals surface area contributed by atoms with Gasteiger partial charge in [-0.15, -0.1) is 0 Å². The van der Waals surface area contributed by atoms with Crippen LogP contribution < -0.4 is 14.8 Å². The number of aliphatic hydroxyl groups is 1. The normalized spacial score (nSPS) is 13.5. The first-order valence-corrected chi connectivity index (χ1v) is 8.96. The van der Waals surface area contributed by atoms with E-state index in [9.17, 15) is 9.59 Å². The zero-order chi connectivity index (χ0) is 20.8. The number of anilines is 1. The Morgan fingerprint density at radius 3 is 2.48 bits per heavy atom. The van der Waals surface area contributed by atoms with Gasteiger partial charge in [0.15, 0.2) is 0 Å². The fourth-order valence-corrected chi connectivity index (χ4v) is 2.90. The number of carbonyl (C=O) groups is 2. The van der Waals surface area contributed by atoms with Gasteiger partial charge in [0.1, 0.15) is 22.9 Å². The third-order valence-electron chi connectivity index (χ3n) is 4.35. The number of hydrogen-bond acceptors (Lipinski definition) is 7. The molecule has 1 aliphatic rings. The molecule has 8 heteroatoms. The second-order valence-corrected chi connectivity index (χ2v) is 6.23. The largest absolute Gasteiger partial charge is 0.497 e.